The van der Waals surface area contributed by atoms with E-state index in [0.29, 0.717) is 6.42 Å². The lowest BCUT2D eigenvalue weighted by Crippen LogP contribution is -2.55. The standard InChI is InChI=1S/C109H84B2N4S2/c1-4-110-97-68-35-37-70-99(97)114(108-92(80-46-19-7-20-47-80)64-40-65-93(108)81-48-21-8-22-49-81)101-72-89(113(86-58-31-13-32-59-86)87-60-33-14-34-61-87)75-105(106(101)110)117-103(76-96-90(78-42-15-5-16-43-78)62-39-63-91(96)79-44-17-6-18-45-79)77(2)111-98-69-36-38-71-100(98)115(109-94(82-50-23-9-24-51-82)66-41-67-95(109)83-52-25-10-26-53-83)102-73-88(74-104(116-3)107(102)111)112(84-54-27-11-28-55-84)85-56-29-12-30-57-85/h4-75,77,103H,1,76H2,2-3H3/t77?,103-/m0/s1. The molecule has 4 nitrogen and oxygen atoms in total. The molecule has 17 aromatic carbocycles. The van der Waals surface area contributed by atoms with E-state index in [1.807, 2.05) is 11.8 Å². The van der Waals surface area contributed by atoms with Crippen LogP contribution in [-0.2, 0) is 6.42 Å². The molecule has 0 aliphatic carbocycles. The molecule has 2 aliphatic heterocycles. The van der Waals surface area contributed by atoms with Crippen LogP contribution >= 0.6 is 23.5 Å². The van der Waals surface area contributed by atoms with Crippen LogP contribution in [-0.4, -0.2) is 24.9 Å². The van der Waals surface area contributed by atoms with Gasteiger partial charge in [-0.1, -0.05) is 358 Å². The fraction of sp³-hybridized carbons (Fsp3) is 0.0459. The maximum absolute atomic E-state index is 4.91. The van der Waals surface area contributed by atoms with Crippen LogP contribution in [0.4, 0.5) is 68.2 Å². The molecule has 17 aromatic rings. The molecule has 2 atom stereocenters. The molecule has 8 heteroatoms. The number of benzene rings is 17. The first-order valence-corrected chi connectivity index (χ1v) is 42.5. The fourth-order valence-electron chi connectivity index (χ4n) is 18.1. The van der Waals surface area contributed by atoms with E-state index in [-0.39, 0.29) is 24.5 Å². The van der Waals surface area contributed by atoms with Crippen LogP contribution in [0.25, 0.3) is 66.8 Å². The molecule has 0 bridgehead atoms. The topological polar surface area (TPSA) is 13.0 Å². The summed E-state index contributed by atoms with van der Waals surface area (Å²) in [7, 11) is 0. The van der Waals surface area contributed by atoms with Crippen molar-refractivity contribution in [2.75, 3.05) is 25.9 Å². The van der Waals surface area contributed by atoms with Gasteiger partial charge in [0.15, 0.2) is 0 Å². The Morgan fingerprint density at radius 1 is 0.308 bits per heavy atom. The average Bonchev–Trinajstić information content (AvgIpc) is 0.716. The third-order valence-electron chi connectivity index (χ3n) is 23.4. The maximum atomic E-state index is 4.91. The lowest BCUT2D eigenvalue weighted by atomic mass is 9.31. The van der Waals surface area contributed by atoms with E-state index in [1.165, 1.54) is 59.5 Å². The van der Waals surface area contributed by atoms with Crippen molar-refractivity contribution in [3.63, 3.8) is 0 Å². The number of hydrogen-bond acceptors (Lipinski definition) is 6. The fourth-order valence-corrected chi connectivity index (χ4v) is 20.3. The number of rotatable bonds is 22. The van der Waals surface area contributed by atoms with Crippen LogP contribution in [0, 0.1) is 0 Å². The summed E-state index contributed by atoms with van der Waals surface area (Å²) in [6.07, 6.45) is 2.98. The van der Waals surface area contributed by atoms with Gasteiger partial charge in [-0.2, -0.15) is 0 Å². The predicted octanol–water partition coefficient (Wildman–Crippen LogP) is 27.7. The van der Waals surface area contributed by atoms with Gasteiger partial charge in [0, 0.05) is 94.2 Å². The van der Waals surface area contributed by atoms with E-state index in [1.54, 1.807) is 0 Å². The molecule has 2 heterocycles. The van der Waals surface area contributed by atoms with Crippen LogP contribution in [0.2, 0.25) is 5.82 Å². The van der Waals surface area contributed by atoms with Crippen LogP contribution in [0.15, 0.2) is 453 Å². The summed E-state index contributed by atoms with van der Waals surface area (Å²) in [4.78, 5) is 12.6. The van der Waals surface area contributed by atoms with Crippen LogP contribution in [0.3, 0.4) is 0 Å². The monoisotopic (exact) mass is 1530 g/mol. The first kappa shape index (κ1) is 73.7. The van der Waals surface area contributed by atoms with E-state index in [4.69, 9.17) is 6.58 Å². The Balaban J connectivity index is 0.922. The molecular formula is C109H84B2N4S2. The zero-order valence-corrected chi connectivity index (χ0v) is 67.0. The van der Waals surface area contributed by atoms with E-state index in [2.05, 4.69) is 481 Å². The van der Waals surface area contributed by atoms with Crippen molar-refractivity contribution in [2.24, 2.45) is 0 Å². The molecule has 0 saturated carbocycles. The van der Waals surface area contributed by atoms with Crippen molar-refractivity contribution < 1.29 is 0 Å². The minimum Gasteiger partial charge on any atom is -0.310 e. The van der Waals surface area contributed by atoms with Crippen LogP contribution in [0.1, 0.15) is 12.5 Å². The van der Waals surface area contributed by atoms with Gasteiger partial charge >= 0.3 is 0 Å². The first-order valence-electron chi connectivity index (χ1n) is 40.4. The number of para-hydroxylation sites is 8. The lowest BCUT2D eigenvalue weighted by Gasteiger charge is -2.43. The molecule has 0 amide bonds. The number of thioether (sulfide) groups is 2. The number of fused-ring (bicyclic) bond motifs is 4. The van der Waals surface area contributed by atoms with Crippen LogP contribution in [0.5, 0.6) is 0 Å². The highest BCUT2D eigenvalue weighted by Gasteiger charge is 2.46. The highest BCUT2D eigenvalue weighted by atomic mass is 32.2. The van der Waals surface area contributed by atoms with Gasteiger partial charge in [0.1, 0.15) is 0 Å². The Hall–Kier alpha value is -13.5. The second-order valence-corrected chi connectivity index (χ2v) is 32.2. The average molecular weight is 1540 g/mol. The van der Waals surface area contributed by atoms with Gasteiger partial charge in [0.2, 0.25) is 13.4 Å². The summed E-state index contributed by atoms with van der Waals surface area (Å²) < 4.78 is 0. The number of nitrogens with zero attached hydrogens (tertiary/aromatic N) is 4. The lowest BCUT2D eigenvalue weighted by molar-refractivity contribution is 0.803. The number of hydrogen-bond donors (Lipinski definition) is 0. The molecular weight excluding hydrogens is 1450 g/mol. The third kappa shape index (κ3) is 14.2. The van der Waals surface area contributed by atoms with Gasteiger partial charge < -0.3 is 19.6 Å². The van der Waals surface area contributed by atoms with Crippen molar-refractivity contribution >= 4 is 127 Å². The summed E-state index contributed by atoms with van der Waals surface area (Å²) in [5.41, 5.74) is 33.2. The van der Waals surface area contributed by atoms with Crippen LogP contribution < -0.4 is 41.5 Å². The van der Waals surface area contributed by atoms with Gasteiger partial charge in [-0.15, -0.1) is 36.1 Å². The second-order valence-electron chi connectivity index (χ2n) is 30.1. The highest BCUT2D eigenvalue weighted by Crippen LogP contribution is 2.55. The molecule has 19 rings (SSSR count). The molecule has 0 aromatic heterocycles. The Morgan fingerprint density at radius 3 is 0.966 bits per heavy atom. The minimum absolute atomic E-state index is 0.116. The summed E-state index contributed by atoms with van der Waals surface area (Å²) in [5.74, 6) is 2.10. The molecule has 0 saturated heterocycles. The summed E-state index contributed by atoms with van der Waals surface area (Å²) in [6.45, 7) is 7.07. The van der Waals surface area contributed by atoms with Crippen molar-refractivity contribution in [3.05, 3.63) is 449 Å². The summed E-state index contributed by atoms with van der Waals surface area (Å²) in [5, 5.41) is -0.167. The largest absolute Gasteiger partial charge is 0.310 e. The SMILES string of the molecule is C=CB1c2ccccc2N(c2c(-c3ccccc3)cccc2-c2ccccc2)c2cc(N(c3ccccc3)c3ccccc3)cc(S[C@@H](Cc3c(-c4ccccc4)cccc3-c3ccccc3)C(C)B3c4ccccc4N(c4c(-c5ccccc5)cccc4-c4ccccc4)c4cc(N(c5ccccc5)c5ccccc5)cc(SC)c43)c21. The Morgan fingerprint density at radius 2 is 0.607 bits per heavy atom. The van der Waals surface area contributed by atoms with Gasteiger partial charge in [0.05, 0.1) is 11.4 Å². The molecule has 0 radical (unpaired) electrons. The first-order chi connectivity index (χ1) is 58.0. The van der Waals surface area contributed by atoms with Gasteiger partial charge in [-0.25, -0.2) is 0 Å². The van der Waals surface area contributed by atoms with Crippen molar-refractivity contribution in [2.45, 2.75) is 34.2 Å². The highest BCUT2D eigenvalue weighted by molar-refractivity contribution is 8.00. The third-order valence-corrected chi connectivity index (χ3v) is 25.6. The van der Waals surface area contributed by atoms with Gasteiger partial charge in [-0.05, 0) is 170 Å². The molecule has 2 aliphatic rings. The quantitative estimate of drug-likeness (QED) is 0.0492. The van der Waals surface area contributed by atoms with Gasteiger partial charge in [-0.3, -0.25) is 0 Å². The summed E-state index contributed by atoms with van der Waals surface area (Å²) >= 11 is 3.90. The molecule has 1 unspecified atom stereocenters. The maximum Gasteiger partial charge on any atom is 0.240 e. The minimum atomic E-state index is -0.241. The zero-order chi connectivity index (χ0) is 78.5. The van der Waals surface area contributed by atoms with Crippen molar-refractivity contribution in [1.82, 2.24) is 0 Å². The molecule has 0 N–H and O–H groups in total. The van der Waals surface area contributed by atoms with E-state index in [9.17, 15) is 0 Å². The Labute approximate surface area is 697 Å². The van der Waals surface area contributed by atoms with E-state index in [0.717, 1.165) is 113 Å². The molecule has 117 heavy (non-hydrogen) atoms. The molecule has 0 spiro atoms. The number of anilines is 12. The Bertz CT molecular complexity index is 6120. The molecule has 0 fully saturated rings. The van der Waals surface area contributed by atoms with E-state index < -0.39 is 0 Å². The zero-order valence-electron chi connectivity index (χ0n) is 65.4. The van der Waals surface area contributed by atoms with Gasteiger partial charge in [0.25, 0.3) is 0 Å². The molecule has 558 valence electrons. The second kappa shape index (κ2) is 33.1. The Kier molecular flexibility index (Phi) is 20.9. The predicted molar refractivity (Wildman–Crippen MR) is 505 cm³/mol. The van der Waals surface area contributed by atoms with Crippen molar-refractivity contribution in [3.8, 4) is 66.8 Å². The summed E-state index contributed by atoms with van der Waals surface area (Å²) in [6, 6.07) is 160. The van der Waals surface area contributed by atoms with Crippen molar-refractivity contribution in [1.29, 1.82) is 0 Å². The van der Waals surface area contributed by atoms with E-state index >= 15 is 0 Å². The smallest absolute Gasteiger partial charge is 0.240 e. The normalized spacial score (nSPS) is 12.5.